The number of fused-ring (bicyclic) bond motifs is 1. The zero-order chi connectivity index (χ0) is 23.7. The van der Waals surface area contributed by atoms with Crippen LogP contribution >= 0.6 is 0 Å². The largest absolute Gasteiger partial charge is 0.382 e. The second kappa shape index (κ2) is 8.41. The number of aromatic nitrogens is 8. The minimum Gasteiger partial charge on any atom is -0.382 e. The third-order valence-electron chi connectivity index (χ3n) is 5.00. The summed E-state index contributed by atoms with van der Waals surface area (Å²) >= 11 is 0. The Morgan fingerprint density at radius 1 is 1.03 bits per heavy atom. The zero-order valence-corrected chi connectivity index (χ0v) is 18.2. The van der Waals surface area contributed by atoms with Crippen LogP contribution in [0.2, 0.25) is 0 Å². The molecule has 11 heteroatoms. The van der Waals surface area contributed by atoms with Gasteiger partial charge in [0.1, 0.15) is 23.5 Å². The van der Waals surface area contributed by atoms with Gasteiger partial charge in [-0.2, -0.15) is 20.3 Å². The SMILES string of the molecule is CC(C)Nc1cc(-n2ncc3cc(C#N)cnc32)ncc1-c1cn(-c2cccnc2C#N)nn1. The van der Waals surface area contributed by atoms with Crippen LogP contribution in [-0.4, -0.2) is 45.8 Å². The molecule has 0 unspecified atom stereocenters. The van der Waals surface area contributed by atoms with Crippen molar-refractivity contribution in [3.8, 4) is 34.9 Å². The van der Waals surface area contributed by atoms with Crippen molar-refractivity contribution in [3.05, 3.63) is 66.5 Å². The Kier molecular flexibility index (Phi) is 5.13. The highest BCUT2D eigenvalue weighted by Crippen LogP contribution is 2.29. The second-order valence-electron chi connectivity index (χ2n) is 7.72. The van der Waals surface area contributed by atoms with Gasteiger partial charge in [0, 0.05) is 47.3 Å². The van der Waals surface area contributed by atoms with Gasteiger partial charge in [-0.1, -0.05) is 5.21 Å². The highest BCUT2D eigenvalue weighted by molar-refractivity contribution is 5.79. The summed E-state index contributed by atoms with van der Waals surface area (Å²) in [5.74, 6) is 0.561. The van der Waals surface area contributed by atoms with E-state index in [1.165, 1.54) is 10.9 Å². The minimum atomic E-state index is 0.137. The monoisotopic (exact) mass is 447 g/mol. The molecule has 5 heterocycles. The van der Waals surface area contributed by atoms with Gasteiger partial charge in [0.2, 0.25) is 0 Å². The molecule has 5 aromatic heterocycles. The number of rotatable bonds is 5. The molecule has 34 heavy (non-hydrogen) atoms. The number of hydrogen-bond donors (Lipinski definition) is 1. The molecule has 0 aliphatic heterocycles. The van der Waals surface area contributed by atoms with E-state index in [4.69, 9.17) is 5.26 Å². The third-order valence-corrected chi connectivity index (χ3v) is 5.00. The van der Waals surface area contributed by atoms with E-state index in [0.29, 0.717) is 28.4 Å². The van der Waals surface area contributed by atoms with E-state index >= 15 is 0 Å². The van der Waals surface area contributed by atoms with Crippen LogP contribution in [0.3, 0.4) is 0 Å². The number of pyridine rings is 3. The molecule has 5 aromatic rings. The number of hydrogen-bond acceptors (Lipinski definition) is 9. The summed E-state index contributed by atoms with van der Waals surface area (Å²) < 4.78 is 3.14. The maximum Gasteiger partial charge on any atom is 0.166 e. The van der Waals surface area contributed by atoms with Gasteiger partial charge in [-0.15, -0.1) is 5.10 Å². The zero-order valence-electron chi connectivity index (χ0n) is 18.2. The molecule has 0 atom stereocenters. The Morgan fingerprint density at radius 2 is 1.91 bits per heavy atom. The van der Waals surface area contributed by atoms with Crippen molar-refractivity contribution in [3.63, 3.8) is 0 Å². The molecule has 0 aromatic carbocycles. The lowest BCUT2D eigenvalue weighted by atomic mass is 10.1. The molecule has 0 spiro atoms. The number of nitrogens with zero attached hydrogens (tertiary/aromatic N) is 10. The van der Waals surface area contributed by atoms with Gasteiger partial charge in [-0.25, -0.2) is 19.6 Å². The van der Waals surface area contributed by atoms with Crippen LogP contribution in [0, 0.1) is 22.7 Å². The normalized spacial score (nSPS) is 10.9. The Morgan fingerprint density at radius 3 is 2.71 bits per heavy atom. The summed E-state index contributed by atoms with van der Waals surface area (Å²) in [6.45, 7) is 4.06. The molecule has 0 radical (unpaired) electrons. The van der Waals surface area contributed by atoms with Gasteiger partial charge in [0.25, 0.3) is 0 Å². The van der Waals surface area contributed by atoms with E-state index in [0.717, 1.165) is 16.6 Å². The lowest BCUT2D eigenvalue weighted by Gasteiger charge is -2.14. The molecule has 0 amide bonds. The van der Waals surface area contributed by atoms with Crippen LogP contribution in [0.5, 0.6) is 0 Å². The molecular weight excluding hydrogens is 430 g/mol. The van der Waals surface area contributed by atoms with Crippen LogP contribution in [0.25, 0.3) is 33.8 Å². The number of nitriles is 2. The Bertz CT molecular complexity index is 1600. The molecule has 0 saturated heterocycles. The maximum atomic E-state index is 9.35. The molecular formula is C23H17N11. The van der Waals surface area contributed by atoms with E-state index in [1.807, 2.05) is 19.9 Å². The lowest BCUT2D eigenvalue weighted by molar-refractivity contribution is 0.797. The summed E-state index contributed by atoms with van der Waals surface area (Å²) in [7, 11) is 0. The van der Waals surface area contributed by atoms with Gasteiger partial charge >= 0.3 is 0 Å². The van der Waals surface area contributed by atoms with Gasteiger partial charge in [0.15, 0.2) is 17.2 Å². The van der Waals surface area contributed by atoms with Crippen molar-refractivity contribution in [2.75, 3.05) is 5.32 Å². The average molecular weight is 447 g/mol. The van der Waals surface area contributed by atoms with Crippen LogP contribution in [0.4, 0.5) is 5.69 Å². The molecule has 0 fully saturated rings. The average Bonchev–Trinajstić information content (AvgIpc) is 3.50. The van der Waals surface area contributed by atoms with Crippen molar-refractivity contribution < 1.29 is 0 Å². The summed E-state index contributed by atoms with van der Waals surface area (Å²) in [4.78, 5) is 13.0. The fraction of sp³-hybridized carbons (Fsp3) is 0.130. The molecule has 0 saturated carbocycles. The maximum absolute atomic E-state index is 9.35. The summed E-state index contributed by atoms with van der Waals surface area (Å²) in [5.41, 5.74) is 3.97. The van der Waals surface area contributed by atoms with Crippen LogP contribution in [-0.2, 0) is 0 Å². The fourth-order valence-corrected chi connectivity index (χ4v) is 3.52. The highest BCUT2D eigenvalue weighted by Gasteiger charge is 2.16. The Balaban J connectivity index is 1.58. The molecule has 164 valence electrons. The molecule has 5 rings (SSSR count). The van der Waals surface area contributed by atoms with Crippen molar-refractivity contribution in [2.24, 2.45) is 0 Å². The first-order chi connectivity index (χ1) is 16.6. The van der Waals surface area contributed by atoms with Gasteiger partial charge in [-0.3, -0.25) is 0 Å². The summed E-state index contributed by atoms with van der Waals surface area (Å²) in [6.07, 6.45) is 8.14. The van der Waals surface area contributed by atoms with E-state index in [2.05, 4.69) is 47.8 Å². The van der Waals surface area contributed by atoms with Crippen LogP contribution in [0.15, 0.2) is 55.2 Å². The first-order valence-electron chi connectivity index (χ1n) is 10.4. The lowest BCUT2D eigenvalue weighted by Crippen LogP contribution is -2.12. The first kappa shape index (κ1) is 20.7. The summed E-state index contributed by atoms with van der Waals surface area (Å²) in [6, 6.07) is 11.4. The highest BCUT2D eigenvalue weighted by atomic mass is 15.4. The Hall–Kier alpha value is -5.16. The van der Waals surface area contributed by atoms with Crippen LogP contribution < -0.4 is 5.32 Å². The topological polar surface area (TPSA) is 147 Å². The molecule has 0 bridgehead atoms. The van der Waals surface area contributed by atoms with Gasteiger partial charge < -0.3 is 5.32 Å². The standard InChI is InChI=1S/C23H17N11/c1-14(2)30-18-7-22(34-23-16(11-29-34)6-15(8-24)10-28-23)27-12-17(18)20-13-33(32-31-20)21-4-3-5-26-19(21)9-25/h3-7,10-14H,1-2H3,(H,27,30). The van der Waals surface area contributed by atoms with Crippen LogP contribution in [0.1, 0.15) is 25.1 Å². The van der Waals surface area contributed by atoms with E-state index < -0.39 is 0 Å². The van der Waals surface area contributed by atoms with E-state index in [9.17, 15) is 5.26 Å². The Labute approximate surface area is 194 Å². The fourth-order valence-electron chi connectivity index (χ4n) is 3.52. The molecule has 1 N–H and O–H groups in total. The predicted molar refractivity (Wildman–Crippen MR) is 123 cm³/mol. The molecule has 11 nitrogen and oxygen atoms in total. The van der Waals surface area contributed by atoms with E-state index in [1.54, 1.807) is 47.7 Å². The minimum absolute atomic E-state index is 0.137. The number of anilines is 1. The van der Waals surface area contributed by atoms with Crippen molar-refractivity contribution in [1.82, 2.24) is 39.7 Å². The third kappa shape index (κ3) is 3.67. The molecule has 0 aliphatic carbocycles. The van der Waals surface area contributed by atoms with Crippen molar-refractivity contribution in [1.29, 1.82) is 10.5 Å². The smallest absolute Gasteiger partial charge is 0.166 e. The van der Waals surface area contributed by atoms with Crippen molar-refractivity contribution >= 4 is 16.7 Å². The summed E-state index contributed by atoms with van der Waals surface area (Å²) in [5, 5.41) is 35.5. The quantitative estimate of drug-likeness (QED) is 0.429. The second-order valence-corrected chi connectivity index (χ2v) is 7.72. The first-order valence-corrected chi connectivity index (χ1v) is 10.4. The molecule has 0 aliphatic rings. The predicted octanol–water partition coefficient (Wildman–Crippen LogP) is 3.02. The van der Waals surface area contributed by atoms with E-state index in [-0.39, 0.29) is 11.7 Å². The number of nitrogens with one attached hydrogen (secondary N) is 1. The van der Waals surface area contributed by atoms with Crippen molar-refractivity contribution in [2.45, 2.75) is 19.9 Å². The van der Waals surface area contributed by atoms with Gasteiger partial charge in [-0.05, 0) is 32.0 Å². The van der Waals surface area contributed by atoms with Gasteiger partial charge in [0.05, 0.1) is 18.0 Å².